The summed E-state index contributed by atoms with van der Waals surface area (Å²) in [5.41, 5.74) is 1.49. The van der Waals surface area contributed by atoms with Gasteiger partial charge in [-0.25, -0.2) is 4.79 Å². The normalized spacial score (nSPS) is 34.8. The largest absolute Gasteiger partial charge is 0.490 e. The molecular formula is C33H45F3O7. The van der Waals surface area contributed by atoms with Gasteiger partial charge in [-0.05, 0) is 86.5 Å². The zero-order chi connectivity index (χ0) is 31.9. The molecule has 4 rings (SSSR count). The van der Waals surface area contributed by atoms with Crippen molar-refractivity contribution < 1.29 is 46.6 Å². The van der Waals surface area contributed by atoms with Crippen molar-refractivity contribution in [3.05, 3.63) is 23.3 Å². The zero-order valence-corrected chi connectivity index (χ0v) is 26.1. The average molecular weight is 611 g/mol. The van der Waals surface area contributed by atoms with Crippen molar-refractivity contribution in [1.82, 2.24) is 0 Å². The number of hydrogen-bond acceptors (Lipinski definition) is 7. The minimum Gasteiger partial charge on any atom is -0.463 e. The number of carbonyl (C=O) groups excluding carboxylic acids is 4. The van der Waals surface area contributed by atoms with Crippen LogP contribution in [-0.4, -0.2) is 48.7 Å². The smallest absolute Gasteiger partial charge is 0.463 e. The summed E-state index contributed by atoms with van der Waals surface area (Å²) < 4.78 is 53.3. The maximum absolute atomic E-state index is 13.4. The molecule has 0 unspecified atom stereocenters. The summed E-state index contributed by atoms with van der Waals surface area (Å²) in [5, 5.41) is 0. The van der Waals surface area contributed by atoms with Crippen LogP contribution in [0.5, 0.6) is 0 Å². The Labute approximate surface area is 251 Å². The summed E-state index contributed by atoms with van der Waals surface area (Å²) in [6.07, 6.45) is 4.26. The quantitative estimate of drug-likeness (QED) is 0.212. The summed E-state index contributed by atoms with van der Waals surface area (Å²) >= 11 is 0. The molecule has 0 bridgehead atoms. The molecule has 10 heteroatoms. The zero-order valence-electron chi connectivity index (χ0n) is 26.1. The fourth-order valence-electron chi connectivity index (χ4n) is 8.67. The number of allylic oxidation sites excluding steroid dienone is 2. The molecule has 9 atom stereocenters. The van der Waals surface area contributed by atoms with Gasteiger partial charge in [-0.1, -0.05) is 38.5 Å². The number of carbonyl (C=O) groups is 4. The van der Waals surface area contributed by atoms with E-state index in [-0.39, 0.29) is 53.9 Å². The van der Waals surface area contributed by atoms with E-state index in [4.69, 9.17) is 9.47 Å². The van der Waals surface area contributed by atoms with Crippen molar-refractivity contribution >= 4 is 23.7 Å². The molecule has 0 heterocycles. The van der Waals surface area contributed by atoms with Gasteiger partial charge in [0.2, 0.25) is 0 Å². The lowest BCUT2D eigenvalue weighted by Gasteiger charge is -2.61. The van der Waals surface area contributed by atoms with Crippen LogP contribution in [0.2, 0.25) is 0 Å². The van der Waals surface area contributed by atoms with E-state index >= 15 is 0 Å². The fourth-order valence-corrected chi connectivity index (χ4v) is 8.67. The third-order valence-corrected chi connectivity index (χ3v) is 11.0. The summed E-state index contributed by atoms with van der Waals surface area (Å²) in [6, 6.07) is 0. The van der Waals surface area contributed by atoms with E-state index < -0.39 is 42.1 Å². The highest BCUT2D eigenvalue weighted by molar-refractivity contribution is 5.84. The number of esters is 3. The van der Waals surface area contributed by atoms with Crippen LogP contribution >= 0.6 is 0 Å². The molecule has 7 nitrogen and oxygen atoms in total. The fraction of sp³-hybridized carbons (Fsp3) is 0.758. The average Bonchev–Trinajstić information content (AvgIpc) is 3.27. The van der Waals surface area contributed by atoms with Gasteiger partial charge in [-0.2, -0.15) is 13.2 Å². The van der Waals surface area contributed by atoms with Crippen LogP contribution in [0.4, 0.5) is 13.2 Å². The third-order valence-electron chi connectivity index (χ3n) is 11.0. The molecule has 0 N–H and O–H groups in total. The molecule has 0 spiro atoms. The van der Waals surface area contributed by atoms with Gasteiger partial charge in [-0.3, -0.25) is 14.4 Å². The Kier molecular flexibility index (Phi) is 9.58. The predicted octanol–water partition coefficient (Wildman–Crippen LogP) is 6.69. The molecule has 0 aliphatic heterocycles. The Hall–Kier alpha value is -2.65. The Morgan fingerprint density at radius 2 is 1.65 bits per heavy atom. The Balaban J connectivity index is 1.48. The highest BCUT2D eigenvalue weighted by Gasteiger charge is 2.61. The molecular weight excluding hydrogens is 565 g/mol. The van der Waals surface area contributed by atoms with Gasteiger partial charge in [0.15, 0.2) is 0 Å². The van der Waals surface area contributed by atoms with E-state index in [1.165, 1.54) is 19.4 Å². The molecule has 0 saturated heterocycles. The van der Waals surface area contributed by atoms with Gasteiger partial charge >= 0.3 is 24.1 Å². The van der Waals surface area contributed by atoms with Crippen LogP contribution in [0.15, 0.2) is 23.3 Å². The lowest BCUT2D eigenvalue weighted by atomic mass is 9.45. The molecule has 4 aliphatic carbocycles. The highest BCUT2D eigenvalue weighted by atomic mass is 19.4. The number of ether oxygens (including phenoxy) is 3. The van der Waals surface area contributed by atoms with E-state index in [9.17, 15) is 32.3 Å². The van der Waals surface area contributed by atoms with Crippen LogP contribution in [0.1, 0.15) is 92.9 Å². The summed E-state index contributed by atoms with van der Waals surface area (Å²) in [7, 11) is 0. The van der Waals surface area contributed by atoms with E-state index in [0.717, 1.165) is 37.7 Å². The molecule has 0 amide bonds. The number of rotatable bonds is 9. The number of hydrogen-bond donors (Lipinski definition) is 0. The molecule has 0 aromatic rings. The summed E-state index contributed by atoms with van der Waals surface area (Å²) in [6.45, 7) is 10.4. The van der Waals surface area contributed by atoms with E-state index in [0.29, 0.717) is 12.3 Å². The minimum absolute atomic E-state index is 0.00995. The maximum Gasteiger partial charge on any atom is 0.490 e. The third kappa shape index (κ3) is 6.58. The molecule has 4 aliphatic rings. The first-order valence-corrected chi connectivity index (χ1v) is 15.5. The number of halogens is 3. The van der Waals surface area contributed by atoms with E-state index in [1.807, 2.05) is 13.0 Å². The van der Waals surface area contributed by atoms with Gasteiger partial charge in [0.25, 0.3) is 0 Å². The van der Waals surface area contributed by atoms with Crippen molar-refractivity contribution in [1.29, 1.82) is 0 Å². The van der Waals surface area contributed by atoms with E-state index in [1.54, 1.807) is 6.92 Å². The van der Waals surface area contributed by atoms with Crippen molar-refractivity contribution in [3.8, 4) is 0 Å². The predicted molar refractivity (Wildman–Crippen MR) is 151 cm³/mol. The molecule has 43 heavy (non-hydrogen) atoms. The van der Waals surface area contributed by atoms with Crippen molar-refractivity contribution in [3.63, 3.8) is 0 Å². The van der Waals surface area contributed by atoms with Crippen LogP contribution in [-0.2, 0) is 33.4 Å². The Morgan fingerprint density at radius 1 is 0.977 bits per heavy atom. The molecule has 0 radical (unpaired) electrons. The van der Waals surface area contributed by atoms with Gasteiger partial charge in [-0.15, -0.1) is 0 Å². The lowest BCUT2D eigenvalue weighted by Crippen LogP contribution is -2.56. The van der Waals surface area contributed by atoms with Crippen molar-refractivity contribution in [2.45, 2.75) is 111 Å². The molecule has 240 valence electrons. The molecule has 3 saturated carbocycles. The van der Waals surface area contributed by atoms with Gasteiger partial charge < -0.3 is 14.2 Å². The second kappa shape index (κ2) is 12.4. The topological polar surface area (TPSA) is 96.0 Å². The van der Waals surface area contributed by atoms with Crippen molar-refractivity contribution in [2.75, 3.05) is 6.61 Å². The van der Waals surface area contributed by atoms with Crippen LogP contribution < -0.4 is 0 Å². The Bertz CT molecular complexity index is 1190. The second-order valence-electron chi connectivity index (χ2n) is 13.7. The summed E-state index contributed by atoms with van der Waals surface area (Å²) in [5.74, 6) is -2.83. The van der Waals surface area contributed by atoms with E-state index in [2.05, 4.69) is 24.7 Å². The highest BCUT2D eigenvalue weighted by Crippen LogP contribution is 2.66. The molecule has 0 aromatic heterocycles. The van der Waals surface area contributed by atoms with Gasteiger partial charge in [0.05, 0.1) is 6.61 Å². The lowest BCUT2D eigenvalue weighted by molar-refractivity contribution is -0.200. The summed E-state index contributed by atoms with van der Waals surface area (Å²) in [4.78, 5) is 48.5. The van der Waals surface area contributed by atoms with Gasteiger partial charge in [0, 0.05) is 31.6 Å². The number of ketones is 1. The first kappa shape index (κ1) is 33.2. The monoisotopic (exact) mass is 610 g/mol. The van der Waals surface area contributed by atoms with Gasteiger partial charge in [0.1, 0.15) is 18.0 Å². The number of Topliss-reactive ketones (excluding diaryl/α,β-unsaturated/α-hetero) is 1. The second-order valence-corrected chi connectivity index (χ2v) is 13.7. The van der Waals surface area contributed by atoms with Crippen molar-refractivity contribution in [2.24, 2.45) is 40.4 Å². The number of fused-ring (bicyclic) bond motifs is 5. The first-order valence-electron chi connectivity index (χ1n) is 15.5. The first-order chi connectivity index (χ1) is 20.0. The Morgan fingerprint density at radius 3 is 2.28 bits per heavy atom. The minimum atomic E-state index is -5.05. The standard InChI is InChI=1S/C33H45F3O7/c1-18(17-41-30(40)33(34,35)36)7-12-28(39)19(2)25-10-11-26-24-9-8-22-15-23(42-20(3)37)13-14-31(22,5)27(24)16-29(32(25,26)6)43-21(4)38/h10-11,18-19,22-24,27,29H,7-9,12-17H2,1-6H3/t18-,19-,22+,23+,24+,27+,29-,31+,32-/m1/s1. The number of alkyl halides is 3. The van der Waals surface area contributed by atoms with Crippen LogP contribution in [0.25, 0.3) is 0 Å². The van der Waals surface area contributed by atoms with Crippen LogP contribution in [0.3, 0.4) is 0 Å². The SMILES string of the molecule is CC(=O)O[C@H]1CC[C@@]2(C)[C@@H](CC[C@H]3C4=CC=C([C@@H](C)C(=O)CC[C@@H](C)COC(=O)C(F)(F)F)[C@@]4(C)[C@H](OC(C)=O)C[C@@H]32)C1. The molecule has 0 aromatic carbocycles. The van der Waals surface area contributed by atoms with Crippen LogP contribution in [0, 0.1) is 40.4 Å². The molecule has 3 fully saturated rings. The maximum atomic E-state index is 13.4.